The third kappa shape index (κ3) is 39.3. The topological polar surface area (TPSA) is 374 Å². The maximum atomic E-state index is 14.4. The van der Waals surface area contributed by atoms with Crippen molar-refractivity contribution in [1.29, 1.82) is 0 Å². The van der Waals surface area contributed by atoms with E-state index in [0.29, 0.717) is 19.3 Å². The molecule has 0 radical (unpaired) electrons. The van der Waals surface area contributed by atoms with Crippen LogP contribution in [0.5, 0.6) is 0 Å². The van der Waals surface area contributed by atoms with Gasteiger partial charge < -0.3 is 89.1 Å². The van der Waals surface area contributed by atoms with Gasteiger partial charge in [-0.05, 0) is 44.9 Å². The van der Waals surface area contributed by atoms with Crippen LogP contribution >= 0.6 is 7.82 Å². The molecule has 2 saturated heterocycles. The molecule has 0 aromatic heterocycles. The van der Waals surface area contributed by atoms with Crippen LogP contribution < -0.4 is 0 Å². The highest BCUT2D eigenvalue weighted by atomic mass is 31.2. The molecule has 0 spiro atoms. The summed E-state index contributed by atoms with van der Waals surface area (Å²) in [6.07, 6.45) is 16.9. The number of aliphatic hydroxyl groups is 10. The van der Waals surface area contributed by atoms with Crippen molar-refractivity contribution < 1.29 is 117 Å². The number of carbonyl (C=O) groups is 3. The first kappa shape index (κ1) is 91.9. The van der Waals surface area contributed by atoms with Crippen molar-refractivity contribution in [2.24, 2.45) is 0 Å². The Morgan fingerprint density at radius 2 is 0.700 bits per heavy atom. The van der Waals surface area contributed by atoms with Crippen molar-refractivity contribution in [1.82, 2.24) is 0 Å². The van der Waals surface area contributed by atoms with Crippen LogP contribution in [-0.2, 0) is 61.2 Å². The molecule has 100 heavy (non-hydrogen) atoms. The van der Waals surface area contributed by atoms with E-state index in [2.05, 4.69) is 32.9 Å². The fraction of sp³-hybridized carbons (Fsp3) is 0.933. The van der Waals surface area contributed by atoms with E-state index < -0.39 is 156 Å². The molecule has 588 valence electrons. The zero-order valence-electron chi connectivity index (χ0n) is 61.5. The number of ether oxygens (including phenoxy) is 7. The molecule has 0 aromatic rings. The Labute approximate surface area is 599 Å². The van der Waals surface area contributed by atoms with Crippen molar-refractivity contribution in [2.75, 3.05) is 26.4 Å². The summed E-state index contributed by atoms with van der Waals surface area (Å²) in [5, 5.41) is 110. The van der Waals surface area contributed by atoms with E-state index >= 15 is 0 Å². The van der Waals surface area contributed by atoms with E-state index in [9.17, 15) is 74.9 Å². The molecule has 0 bridgehead atoms. The van der Waals surface area contributed by atoms with Gasteiger partial charge in [-0.2, -0.15) is 0 Å². The number of hydrogen-bond acceptors (Lipinski definition) is 23. The summed E-state index contributed by atoms with van der Waals surface area (Å²) >= 11 is 0. The maximum absolute atomic E-state index is 14.4. The molecule has 24 nitrogen and oxygen atoms in total. The molecule has 1 saturated carbocycles. The monoisotopic (exact) mass is 1450 g/mol. The average molecular weight is 1460 g/mol. The Morgan fingerprint density at radius 1 is 0.380 bits per heavy atom. The third-order valence-electron chi connectivity index (χ3n) is 19.5. The van der Waals surface area contributed by atoms with Gasteiger partial charge in [-0.1, -0.05) is 264 Å². The van der Waals surface area contributed by atoms with Crippen LogP contribution in [0.2, 0.25) is 0 Å². The molecule has 3 aliphatic rings. The van der Waals surface area contributed by atoms with Crippen LogP contribution in [0.4, 0.5) is 0 Å². The second-order valence-electron chi connectivity index (χ2n) is 28.4. The number of esters is 3. The number of phosphoric ester groups is 1. The molecule has 11 N–H and O–H groups in total. The molecular formula is C75H139O24P. The number of allylic oxidation sites excluding steroid dienone is 2. The smallest absolute Gasteiger partial charge is 0.463 e. The van der Waals surface area contributed by atoms with Gasteiger partial charge in [0.15, 0.2) is 18.7 Å². The normalized spacial score (nSPS) is 27.3. The third-order valence-corrected chi connectivity index (χ3v) is 20.5. The lowest BCUT2D eigenvalue weighted by molar-refractivity contribution is -0.360. The Morgan fingerprint density at radius 3 is 1.09 bits per heavy atom. The summed E-state index contributed by atoms with van der Waals surface area (Å²) in [6.45, 7) is 3.47. The lowest BCUT2D eigenvalue weighted by Crippen LogP contribution is -2.69. The van der Waals surface area contributed by atoms with Gasteiger partial charge >= 0.3 is 25.7 Å². The minimum Gasteiger partial charge on any atom is -0.463 e. The second kappa shape index (κ2) is 57.0. The van der Waals surface area contributed by atoms with Crippen LogP contribution in [0.1, 0.15) is 316 Å². The molecule has 0 aromatic carbocycles. The highest BCUT2D eigenvalue weighted by Gasteiger charge is 2.58. The van der Waals surface area contributed by atoms with Gasteiger partial charge in [0, 0.05) is 19.3 Å². The van der Waals surface area contributed by atoms with Crippen LogP contribution in [0.15, 0.2) is 12.2 Å². The first-order chi connectivity index (χ1) is 48.3. The van der Waals surface area contributed by atoms with Crippen LogP contribution in [0.25, 0.3) is 0 Å². The van der Waals surface area contributed by atoms with Gasteiger partial charge in [0.25, 0.3) is 0 Å². The molecule has 18 unspecified atom stereocenters. The molecule has 1 aliphatic carbocycles. The Hall–Kier alpha value is -2.30. The quantitative estimate of drug-likeness (QED) is 0.00886. The van der Waals surface area contributed by atoms with Gasteiger partial charge in [0.2, 0.25) is 0 Å². The molecule has 18 atom stereocenters. The van der Waals surface area contributed by atoms with Crippen molar-refractivity contribution >= 4 is 25.7 Å². The zero-order valence-corrected chi connectivity index (χ0v) is 62.4. The van der Waals surface area contributed by atoms with E-state index in [1.807, 2.05) is 0 Å². The average Bonchev–Trinajstić information content (AvgIpc) is 0.764. The number of rotatable bonds is 62. The number of unbranched alkanes of at least 4 members (excludes halogenated alkanes) is 39. The standard InChI is InChI=1S/C75H139O24P/c1-4-7-10-13-16-19-22-25-28-29-30-33-35-37-40-43-46-49-59(77)91-53-56(94-61(79)51-48-45-42-39-36-32-27-24-21-18-15-12-9-6-3)54-93-100(89,90)99-73-71(97-74-69(87)64(82)62(80)57(52-76)95-74)67(85)66(84)68(86)72(73)98-75-70(88)65(83)63(81)58(96-75)55-92-60(78)50-47-44-41-38-34-31-26-23-20-17-14-11-8-5-2/h31,34,56-58,62-76,80-88H,4-30,32-33,35-55H2,1-3H3,(H,89,90)/b34-31-. The summed E-state index contributed by atoms with van der Waals surface area (Å²) < 4.78 is 65.1. The predicted octanol–water partition coefficient (Wildman–Crippen LogP) is 11.5. The minimum atomic E-state index is -5.70. The summed E-state index contributed by atoms with van der Waals surface area (Å²) in [6, 6.07) is 0. The molecule has 3 fully saturated rings. The first-order valence-corrected chi connectivity index (χ1v) is 41.0. The minimum absolute atomic E-state index is 0.00971. The van der Waals surface area contributed by atoms with E-state index in [0.717, 1.165) is 89.9 Å². The van der Waals surface area contributed by atoms with Crippen LogP contribution in [-0.4, -0.2) is 204 Å². The fourth-order valence-electron chi connectivity index (χ4n) is 13.1. The molecular weight excluding hydrogens is 1320 g/mol. The Kier molecular flexibility index (Phi) is 52.3. The van der Waals surface area contributed by atoms with E-state index in [4.69, 9.17) is 42.2 Å². The van der Waals surface area contributed by atoms with Crippen molar-refractivity contribution in [3.8, 4) is 0 Å². The number of phosphoric acid groups is 1. The summed E-state index contributed by atoms with van der Waals surface area (Å²) in [5.41, 5.74) is 0. The summed E-state index contributed by atoms with van der Waals surface area (Å²) in [5.74, 6) is -1.99. The zero-order chi connectivity index (χ0) is 73.2. The second-order valence-corrected chi connectivity index (χ2v) is 29.8. The number of aliphatic hydroxyl groups excluding tert-OH is 10. The van der Waals surface area contributed by atoms with E-state index in [1.165, 1.54) is 167 Å². The fourth-order valence-corrected chi connectivity index (χ4v) is 14.1. The highest BCUT2D eigenvalue weighted by Crippen LogP contribution is 2.49. The van der Waals surface area contributed by atoms with Crippen molar-refractivity contribution in [3.63, 3.8) is 0 Å². The Bertz CT molecular complexity index is 2110. The largest absolute Gasteiger partial charge is 0.472 e. The van der Waals surface area contributed by atoms with Crippen LogP contribution in [0.3, 0.4) is 0 Å². The van der Waals surface area contributed by atoms with E-state index in [1.54, 1.807) is 0 Å². The van der Waals surface area contributed by atoms with Crippen molar-refractivity contribution in [3.05, 3.63) is 12.2 Å². The Balaban J connectivity index is 1.71. The number of carbonyl (C=O) groups excluding carboxylic acids is 3. The van der Waals surface area contributed by atoms with Gasteiger partial charge in [-0.15, -0.1) is 0 Å². The number of hydrogen-bond donors (Lipinski definition) is 11. The van der Waals surface area contributed by atoms with Crippen molar-refractivity contribution in [2.45, 2.75) is 420 Å². The molecule has 3 rings (SSSR count). The van der Waals surface area contributed by atoms with Gasteiger partial charge in [-0.3, -0.25) is 23.4 Å². The predicted molar refractivity (Wildman–Crippen MR) is 379 cm³/mol. The SMILES string of the molecule is CCCCCCCCC/C=C\CCCCCC(=O)OCC1OC(OC2C(O)C(O)C(O)C(OC3OC(CO)C(O)C(O)C3O)C2OP(=O)(O)OCC(COC(=O)CCCCCCCCCCCCCCCCCCC)OC(=O)CCCCCCCCCCCCCCCC)C(O)C(O)C1O. The highest BCUT2D eigenvalue weighted by molar-refractivity contribution is 7.47. The molecule has 2 aliphatic heterocycles. The molecule has 2 heterocycles. The molecule has 0 amide bonds. The van der Waals surface area contributed by atoms with Crippen LogP contribution in [0, 0.1) is 0 Å². The first-order valence-electron chi connectivity index (χ1n) is 39.5. The maximum Gasteiger partial charge on any atom is 0.472 e. The lowest BCUT2D eigenvalue weighted by atomic mass is 9.84. The van der Waals surface area contributed by atoms with Gasteiger partial charge in [-0.25, -0.2) is 4.57 Å². The van der Waals surface area contributed by atoms with Gasteiger partial charge in [0.05, 0.1) is 13.2 Å². The van der Waals surface area contributed by atoms with Gasteiger partial charge in [0.1, 0.15) is 98.7 Å². The lowest BCUT2D eigenvalue weighted by Gasteiger charge is -2.49. The summed E-state index contributed by atoms with van der Waals surface area (Å²) in [4.78, 5) is 51.1. The molecule has 25 heteroatoms. The van der Waals surface area contributed by atoms with E-state index in [-0.39, 0.29) is 19.3 Å². The summed E-state index contributed by atoms with van der Waals surface area (Å²) in [7, 11) is -5.70.